The van der Waals surface area contributed by atoms with E-state index in [0.717, 1.165) is 6.26 Å². The van der Waals surface area contributed by atoms with Crippen molar-refractivity contribution < 1.29 is 17.2 Å². The van der Waals surface area contributed by atoms with Crippen molar-refractivity contribution >= 4 is 10.0 Å². The zero-order valence-electron chi connectivity index (χ0n) is 12.8. The van der Waals surface area contributed by atoms with E-state index in [1.807, 2.05) is 0 Å². The molecule has 0 radical (unpaired) electrons. The van der Waals surface area contributed by atoms with E-state index in [9.17, 15) is 12.8 Å². The van der Waals surface area contributed by atoms with Gasteiger partial charge in [-0.15, -0.1) is 0 Å². The Morgan fingerprint density at radius 3 is 2.56 bits per heavy atom. The van der Waals surface area contributed by atoms with Crippen molar-refractivity contribution in [3.63, 3.8) is 0 Å². The number of hydrogen-bond acceptors (Lipinski definition) is 5. The van der Waals surface area contributed by atoms with Gasteiger partial charge in [-0.25, -0.2) is 12.8 Å². The second kappa shape index (κ2) is 6.84. The van der Waals surface area contributed by atoms with Gasteiger partial charge >= 0.3 is 0 Å². The van der Waals surface area contributed by atoms with Crippen LogP contribution in [0, 0.1) is 17.1 Å². The van der Waals surface area contributed by atoms with Gasteiger partial charge in [0.15, 0.2) is 0 Å². The largest absolute Gasteiger partial charge is 0.451 e. The van der Waals surface area contributed by atoms with E-state index in [-0.39, 0.29) is 5.56 Å². The standard InChI is InChI=1S/C17H12FN3O3S/c18-14-6-4-12(5-7-14)16(15-3-1-2-9-20-15)21-25(22,23)17-13(11-19)8-10-24-17/h1-10,16,21H. The Bertz CT molecular complexity index is 1010. The number of nitrogens with zero attached hydrogens (tertiary/aromatic N) is 2. The first-order valence-electron chi connectivity index (χ1n) is 7.17. The Morgan fingerprint density at radius 2 is 1.92 bits per heavy atom. The predicted octanol–water partition coefficient (Wildman–Crippen LogP) is 2.75. The van der Waals surface area contributed by atoms with Gasteiger partial charge in [-0.2, -0.15) is 9.98 Å². The Morgan fingerprint density at radius 1 is 1.16 bits per heavy atom. The van der Waals surface area contributed by atoms with E-state index in [1.165, 1.54) is 36.5 Å². The van der Waals surface area contributed by atoms with Gasteiger partial charge in [0, 0.05) is 6.20 Å². The molecule has 1 N–H and O–H groups in total. The molecule has 0 bridgehead atoms. The summed E-state index contributed by atoms with van der Waals surface area (Å²) in [6.07, 6.45) is 2.65. The fraction of sp³-hybridized carbons (Fsp3) is 0.0588. The molecule has 0 aliphatic rings. The van der Waals surface area contributed by atoms with Gasteiger partial charge in [-0.05, 0) is 35.9 Å². The molecule has 6 nitrogen and oxygen atoms in total. The highest BCUT2D eigenvalue weighted by Gasteiger charge is 2.28. The maximum Gasteiger partial charge on any atom is 0.276 e. The smallest absolute Gasteiger partial charge is 0.276 e. The molecule has 1 unspecified atom stereocenters. The Labute approximate surface area is 143 Å². The van der Waals surface area contributed by atoms with Crippen LogP contribution in [0.4, 0.5) is 4.39 Å². The number of halogens is 1. The zero-order chi connectivity index (χ0) is 17.9. The highest BCUT2D eigenvalue weighted by atomic mass is 32.2. The number of benzene rings is 1. The minimum Gasteiger partial charge on any atom is -0.451 e. The van der Waals surface area contributed by atoms with Gasteiger partial charge < -0.3 is 4.42 Å². The SMILES string of the molecule is N#Cc1ccoc1S(=O)(=O)NC(c1ccc(F)cc1)c1ccccn1. The highest BCUT2D eigenvalue weighted by molar-refractivity contribution is 7.89. The van der Waals surface area contributed by atoms with Crippen LogP contribution in [0.3, 0.4) is 0 Å². The van der Waals surface area contributed by atoms with Crippen LogP contribution >= 0.6 is 0 Å². The lowest BCUT2D eigenvalue weighted by Crippen LogP contribution is -2.30. The molecule has 2 aromatic heterocycles. The van der Waals surface area contributed by atoms with Gasteiger partial charge in [0.05, 0.1) is 18.0 Å². The molecule has 0 aliphatic carbocycles. The molecule has 3 rings (SSSR count). The average molecular weight is 357 g/mol. The van der Waals surface area contributed by atoms with Crippen molar-refractivity contribution in [1.29, 1.82) is 5.26 Å². The van der Waals surface area contributed by atoms with E-state index in [2.05, 4.69) is 9.71 Å². The van der Waals surface area contributed by atoms with Crippen LogP contribution in [0.25, 0.3) is 0 Å². The molecule has 0 saturated carbocycles. The fourth-order valence-electron chi connectivity index (χ4n) is 2.30. The van der Waals surface area contributed by atoms with Crippen LogP contribution in [-0.4, -0.2) is 13.4 Å². The topological polar surface area (TPSA) is 96.0 Å². The minimum atomic E-state index is -4.14. The predicted molar refractivity (Wildman–Crippen MR) is 86.2 cm³/mol. The summed E-state index contributed by atoms with van der Waals surface area (Å²) in [5.74, 6) is -0.441. The van der Waals surface area contributed by atoms with Crippen molar-refractivity contribution in [1.82, 2.24) is 9.71 Å². The number of sulfonamides is 1. The molecule has 25 heavy (non-hydrogen) atoms. The first-order chi connectivity index (χ1) is 12.0. The Balaban J connectivity index is 2.04. The second-order valence-electron chi connectivity index (χ2n) is 5.09. The van der Waals surface area contributed by atoms with Crippen LogP contribution in [-0.2, 0) is 10.0 Å². The molecule has 1 atom stereocenters. The summed E-state index contributed by atoms with van der Waals surface area (Å²) >= 11 is 0. The van der Waals surface area contributed by atoms with Crippen LogP contribution in [0.2, 0.25) is 0 Å². The number of rotatable bonds is 5. The monoisotopic (exact) mass is 357 g/mol. The number of nitriles is 1. The van der Waals surface area contributed by atoms with Crippen LogP contribution in [0.5, 0.6) is 0 Å². The van der Waals surface area contributed by atoms with Crippen molar-refractivity contribution in [2.45, 2.75) is 11.1 Å². The number of nitrogens with one attached hydrogen (secondary N) is 1. The highest BCUT2D eigenvalue weighted by Crippen LogP contribution is 2.25. The van der Waals surface area contributed by atoms with Gasteiger partial charge in [0.25, 0.3) is 15.1 Å². The molecule has 0 spiro atoms. The zero-order valence-corrected chi connectivity index (χ0v) is 13.6. The molecule has 2 heterocycles. The van der Waals surface area contributed by atoms with E-state index in [0.29, 0.717) is 11.3 Å². The molecule has 0 aliphatic heterocycles. The van der Waals surface area contributed by atoms with Crippen molar-refractivity contribution in [2.75, 3.05) is 0 Å². The molecule has 0 saturated heterocycles. The molecular weight excluding hydrogens is 345 g/mol. The molecule has 1 aromatic carbocycles. The number of pyridine rings is 1. The maximum atomic E-state index is 13.2. The third-order valence-electron chi connectivity index (χ3n) is 3.45. The average Bonchev–Trinajstić information content (AvgIpc) is 3.11. The molecular formula is C17H12FN3O3S. The first-order valence-corrected chi connectivity index (χ1v) is 8.66. The first kappa shape index (κ1) is 16.8. The number of hydrogen-bond donors (Lipinski definition) is 1. The van der Waals surface area contributed by atoms with Gasteiger partial charge in [-0.3, -0.25) is 4.98 Å². The van der Waals surface area contributed by atoms with E-state index in [1.54, 1.807) is 24.3 Å². The molecule has 0 amide bonds. The summed E-state index contributed by atoms with van der Waals surface area (Å²) in [6.45, 7) is 0. The fourth-order valence-corrected chi connectivity index (χ4v) is 3.56. The lowest BCUT2D eigenvalue weighted by molar-refractivity contribution is 0.442. The third-order valence-corrected chi connectivity index (χ3v) is 4.80. The summed E-state index contributed by atoms with van der Waals surface area (Å²) in [4.78, 5) is 4.17. The number of aromatic nitrogens is 1. The number of furan rings is 1. The van der Waals surface area contributed by atoms with Crippen LogP contribution in [0.15, 0.2) is 70.5 Å². The normalized spacial score (nSPS) is 12.5. The van der Waals surface area contributed by atoms with E-state index < -0.39 is 27.0 Å². The summed E-state index contributed by atoms with van der Waals surface area (Å²) in [7, 11) is -4.14. The Kier molecular flexibility index (Phi) is 4.61. The van der Waals surface area contributed by atoms with E-state index in [4.69, 9.17) is 9.68 Å². The van der Waals surface area contributed by atoms with Crippen molar-refractivity contribution in [2.24, 2.45) is 0 Å². The molecule has 0 fully saturated rings. The summed E-state index contributed by atoms with van der Waals surface area (Å²) in [5.41, 5.74) is 0.808. The maximum absolute atomic E-state index is 13.2. The summed E-state index contributed by atoms with van der Waals surface area (Å²) in [5, 5.41) is 8.54. The Hall–Kier alpha value is -3.02. The lowest BCUT2D eigenvalue weighted by atomic mass is 10.0. The lowest BCUT2D eigenvalue weighted by Gasteiger charge is -2.18. The van der Waals surface area contributed by atoms with Crippen molar-refractivity contribution in [3.8, 4) is 6.07 Å². The van der Waals surface area contributed by atoms with Gasteiger partial charge in [-0.1, -0.05) is 18.2 Å². The quantitative estimate of drug-likeness (QED) is 0.757. The van der Waals surface area contributed by atoms with Crippen molar-refractivity contribution in [3.05, 3.63) is 83.6 Å². The molecule has 8 heteroatoms. The summed E-state index contributed by atoms with van der Waals surface area (Å²) < 4.78 is 45.9. The summed E-state index contributed by atoms with van der Waals surface area (Å²) in [6, 6.07) is 12.6. The molecule has 126 valence electrons. The third kappa shape index (κ3) is 3.57. The second-order valence-corrected chi connectivity index (χ2v) is 6.71. The van der Waals surface area contributed by atoms with Crippen LogP contribution in [0.1, 0.15) is 22.9 Å². The van der Waals surface area contributed by atoms with Gasteiger partial charge in [0.1, 0.15) is 17.4 Å². The van der Waals surface area contributed by atoms with E-state index >= 15 is 0 Å². The van der Waals surface area contributed by atoms with Gasteiger partial charge in [0.2, 0.25) is 0 Å². The minimum absolute atomic E-state index is 0.105. The van der Waals surface area contributed by atoms with Crippen LogP contribution < -0.4 is 4.72 Å². The molecule has 3 aromatic rings.